The third-order valence-electron chi connectivity index (χ3n) is 2.42. The van der Waals surface area contributed by atoms with E-state index < -0.39 is 5.97 Å². The first-order valence-electron chi connectivity index (χ1n) is 5.66. The summed E-state index contributed by atoms with van der Waals surface area (Å²) in [5, 5.41) is 4.16. The minimum Gasteiger partial charge on any atom is -0.461 e. The van der Waals surface area contributed by atoms with Crippen LogP contribution in [0.3, 0.4) is 0 Å². The molecule has 6 heteroatoms. The molecule has 1 aromatic rings. The van der Waals surface area contributed by atoms with E-state index in [1.165, 1.54) is 0 Å². The van der Waals surface area contributed by atoms with Gasteiger partial charge in [0.1, 0.15) is 5.82 Å². The Balaban J connectivity index is 3.04. The minimum absolute atomic E-state index is 0.295. The summed E-state index contributed by atoms with van der Waals surface area (Å²) in [4.78, 5) is 11.7. The molecule has 6 nitrogen and oxygen atoms in total. The molecule has 0 aliphatic heterocycles. The topological polar surface area (TPSA) is 79.4 Å². The Morgan fingerprint density at radius 3 is 2.71 bits per heavy atom. The van der Waals surface area contributed by atoms with Crippen LogP contribution in [0.15, 0.2) is 0 Å². The first-order valence-corrected chi connectivity index (χ1v) is 5.66. The Morgan fingerprint density at radius 2 is 2.18 bits per heavy atom. The van der Waals surface area contributed by atoms with Gasteiger partial charge in [-0.3, -0.25) is 0 Å². The molecule has 96 valence electrons. The molecule has 0 aliphatic rings. The highest BCUT2D eigenvalue weighted by molar-refractivity contribution is 5.90. The molecule has 2 N–H and O–H groups in total. The summed E-state index contributed by atoms with van der Waals surface area (Å²) in [7, 11) is 1.60. The summed E-state index contributed by atoms with van der Waals surface area (Å²) in [6.45, 7) is 5.10. The van der Waals surface area contributed by atoms with Crippen molar-refractivity contribution < 1.29 is 14.3 Å². The molecule has 1 heterocycles. The SMILES string of the molecule is CCOC(=O)c1nn(CC)c(N)c1CCOC. The van der Waals surface area contributed by atoms with Gasteiger partial charge < -0.3 is 15.2 Å². The fourth-order valence-electron chi connectivity index (χ4n) is 1.57. The maximum Gasteiger partial charge on any atom is 0.359 e. The number of carbonyl (C=O) groups is 1. The van der Waals surface area contributed by atoms with E-state index in [4.69, 9.17) is 15.2 Å². The fraction of sp³-hybridized carbons (Fsp3) is 0.636. The van der Waals surface area contributed by atoms with E-state index in [1.807, 2.05) is 6.92 Å². The Bertz CT molecular complexity index is 388. The summed E-state index contributed by atoms with van der Waals surface area (Å²) in [6, 6.07) is 0. The largest absolute Gasteiger partial charge is 0.461 e. The minimum atomic E-state index is -0.433. The molecule has 1 rings (SSSR count). The number of anilines is 1. The number of hydrogen-bond acceptors (Lipinski definition) is 5. The van der Waals surface area contributed by atoms with E-state index in [1.54, 1.807) is 18.7 Å². The lowest BCUT2D eigenvalue weighted by atomic mass is 10.1. The summed E-state index contributed by atoms with van der Waals surface area (Å²) in [6.07, 6.45) is 0.552. The van der Waals surface area contributed by atoms with Gasteiger partial charge in [0, 0.05) is 25.6 Å². The predicted octanol–water partition coefficient (Wildman–Crippen LogP) is 0.851. The maximum absolute atomic E-state index is 11.7. The van der Waals surface area contributed by atoms with Gasteiger partial charge in [-0.2, -0.15) is 5.10 Å². The summed E-state index contributed by atoms with van der Waals surface area (Å²) >= 11 is 0. The van der Waals surface area contributed by atoms with Crippen molar-refractivity contribution in [3.8, 4) is 0 Å². The lowest BCUT2D eigenvalue weighted by molar-refractivity contribution is 0.0517. The normalized spacial score (nSPS) is 10.5. The van der Waals surface area contributed by atoms with Crippen molar-refractivity contribution in [1.29, 1.82) is 0 Å². The van der Waals surface area contributed by atoms with Gasteiger partial charge in [-0.1, -0.05) is 0 Å². The number of methoxy groups -OCH3 is 1. The van der Waals surface area contributed by atoms with Crippen molar-refractivity contribution in [2.24, 2.45) is 0 Å². The van der Waals surface area contributed by atoms with Crippen molar-refractivity contribution in [2.45, 2.75) is 26.8 Å². The number of nitrogens with zero attached hydrogens (tertiary/aromatic N) is 2. The Kier molecular flexibility index (Phi) is 4.96. The molecule has 1 aromatic heterocycles. The molecule has 17 heavy (non-hydrogen) atoms. The van der Waals surface area contributed by atoms with Crippen LogP contribution in [-0.2, 0) is 22.4 Å². The number of hydrogen-bond donors (Lipinski definition) is 1. The van der Waals surface area contributed by atoms with Crippen LogP contribution in [0.5, 0.6) is 0 Å². The van der Waals surface area contributed by atoms with Gasteiger partial charge in [-0.05, 0) is 13.8 Å². The molecule has 0 saturated heterocycles. The molecular weight excluding hydrogens is 222 g/mol. The van der Waals surface area contributed by atoms with E-state index in [9.17, 15) is 4.79 Å². The van der Waals surface area contributed by atoms with Crippen molar-refractivity contribution in [3.63, 3.8) is 0 Å². The number of aromatic nitrogens is 2. The number of nitrogens with two attached hydrogens (primary N) is 1. The van der Waals surface area contributed by atoms with E-state index in [2.05, 4.69) is 5.10 Å². The molecule has 0 saturated carbocycles. The van der Waals surface area contributed by atoms with Crippen molar-refractivity contribution in [1.82, 2.24) is 9.78 Å². The van der Waals surface area contributed by atoms with Gasteiger partial charge in [-0.15, -0.1) is 0 Å². The Morgan fingerprint density at radius 1 is 1.47 bits per heavy atom. The maximum atomic E-state index is 11.7. The third kappa shape index (κ3) is 2.97. The average molecular weight is 241 g/mol. The second-order valence-corrected chi connectivity index (χ2v) is 3.49. The molecule has 0 fully saturated rings. The van der Waals surface area contributed by atoms with Crippen LogP contribution in [0, 0.1) is 0 Å². The molecular formula is C11H19N3O3. The van der Waals surface area contributed by atoms with Crippen LogP contribution in [-0.4, -0.2) is 36.1 Å². The summed E-state index contributed by atoms with van der Waals surface area (Å²) in [5.41, 5.74) is 6.92. The van der Waals surface area contributed by atoms with Crippen molar-refractivity contribution in [3.05, 3.63) is 11.3 Å². The van der Waals surface area contributed by atoms with Crippen molar-refractivity contribution >= 4 is 11.8 Å². The van der Waals surface area contributed by atoms with Crippen LogP contribution in [0.2, 0.25) is 0 Å². The first kappa shape index (κ1) is 13.5. The second-order valence-electron chi connectivity index (χ2n) is 3.49. The van der Waals surface area contributed by atoms with E-state index >= 15 is 0 Å². The molecule has 0 bridgehead atoms. The van der Waals surface area contributed by atoms with Gasteiger partial charge in [0.2, 0.25) is 0 Å². The average Bonchev–Trinajstić information content (AvgIpc) is 2.64. The summed E-state index contributed by atoms with van der Waals surface area (Å²) in [5.74, 6) is 0.0742. The number of esters is 1. The number of nitrogen functional groups attached to an aromatic ring is 1. The zero-order valence-electron chi connectivity index (χ0n) is 10.5. The predicted molar refractivity (Wildman–Crippen MR) is 63.8 cm³/mol. The van der Waals surface area contributed by atoms with Gasteiger partial charge in [0.05, 0.1) is 13.2 Å². The smallest absolute Gasteiger partial charge is 0.359 e. The van der Waals surface area contributed by atoms with Crippen LogP contribution in [0.25, 0.3) is 0 Å². The summed E-state index contributed by atoms with van der Waals surface area (Å²) < 4.78 is 11.5. The van der Waals surface area contributed by atoms with Crippen LogP contribution in [0.1, 0.15) is 29.9 Å². The lowest BCUT2D eigenvalue weighted by Gasteiger charge is -2.03. The highest BCUT2D eigenvalue weighted by Crippen LogP contribution is 2.18. The molecule has 0 aliphatic carbocycles. The Hall–Kier alpha value is -1.56. The van der Waals surface area contributed by atoms with Gasteiger partial charge in [0.15, 0.2) is 5.69 Å². The van der Waals surface area contributed by atoms with Crippen LogP contribution < -0.4 is 5.73 Å². The molecule has 0 amide bonds. The molecule has 0 unspecified atom stereocenters. The molecule has 0 aromatic carbocycles. The van der Waals surface area contributed by atoms with E-state index in [0.29, 0.717) is 43.3 Å². The van der Waals surface area contributed by atoms with Crippen molar-refractivity contribution in [2.75, 3.05) is 26.1 Å². The highest BCUT2D eigenvalue weighted by Gasteiger charge is 2.21. The van der Waals surface area contributed by atoms with E-state index in [-0.39, 0.29) is 0 Å². The zero-order valence-corrected chi connectivity index (χ0v) is 10.5. The standard InChI is InChI=1S/C11H19N3O3/c1-4-14-10(12)8(6-7-16-3)9(13-14)11(15)17-5-2/h4-7,12H2,1-3H3. The quantitative estimate of drug-likeness (QED) is 0.747. The second kappa shape index (κ2) is 6.24. The highest BCUT2D eigenvalue weighted by atomic mass is 16.5. The number of carbonyl (C=O) groups excluding carboxylic acids is 1. The fourth-order valence-corrected chi connectivity index (χ4v) is 1.57. The number of rotatable bonds is 6. The van der Waals surface area contributed by atoms with E-state index in [0.717, 1.165) is 0 Å². The number of ether oxygens (including phenoxy) is 2. The van der Waals surface area contributed by atoms with Gasteiger partial charge in [0.25, 0.3) is 0 Å². The molecule has 0 atom stereocenters. The monoisotopic (exact) mass is 241 g/mol. The third-order valence-corrected chi connectivity index (χ3v) is 2.42. The first-order chi connectivity index (χ1) is 8.15. The molecule has 0 spiro atoms. The lowest BCUT2D eigenvalue weighted by Crippen LogP contribution is -2.10. The number of aryl methyl sites for hydroxylation is 1. The van der Waals surface area contributed by atoms with Gasteiger partial charge in [-0.25, -0.2) is 9.48 Å². The van der Waals surface area contributed by atoms with Gasteiger partial charge >= 0.3 is 5.97 Å². The Labute approximate surface area is 101 Å². The van der Waals surface area contributed by atoms with Crippen LogP contribution >= 0.6 is 0 Å². The van der Waals surface area contributed by atoms with Crippen LogP contribution in [0.4, 0.5) is 5.82 Å². The molecule has 0 radical (unpaired) electrons. The zero-order chi connectivity index (χ0) is 12.8.